The minimum absolute atomic E-state index is 0.0130. The molecule has 1 N–H and O–H groups in total. The van der Waals surface area contributed by atoms with Crippen LogP contribution in [-0.4, -0.2) is 46.2 Å². The van der Waals surface area contributed by atoms with Crippen LogP contribution in [0, 0.1) is 5.92 Å². The quantitative estimate of drug-likeness (QED) is 0.825. The Balaban J connectivity index is 1.60. The standard InChI is InChI=1S/C18H28N2O3S/c21-16(19-14-6-2-1-3-7-14)11-20(15-8-4-5-9-15)18(23)13-10-17(22)24-12-13/h13-15H,1-12H2,(H,19,21). The van der Waals surface area contributed by atoms with E-state index >= 15 is 0 Å². The molecule has 2 amide bonds. The van der Waals surface area contributed by atoms with Crippen LogP contribution < -0.4 is 5.32 Å². The summed E-state index contributed by atoms with van der Waals surface area (Å²) in [6.07, 6.45) is 10.3. The molecular formula is C18H28N2O3S. The Hall–Kier alpha value is -1.04. The van der Waals surface area contributed by atoms with Crippen molar-refractivity contribution < 1.29 is 14.4 Å². The second-order valence-corrected chi connectivity index (χ2v) is 8.47. The van der Waals surface area contributed by atoms with E-state index < -0.39 is 0 Å². The number of hydrogen-bond acceptors (Lipinski definition) is 4. The van der Waals surface area contributed by atoms with Gasteiger partial charge >= 0.3 is 0 Å². The normalized spacial score (nSPS) is 25.8. The number of hydrogen-bond donors (Lipinski definition) is 1. The van der Waals surface area contributed by atoms with Crippen LogP contribution in [-0.2, 0) is 14.4 Å². The van der Waals surface area contributed by atoms with Crippen molar-refractivity contribution in [2.24, 2.45) is 5.92 Å². The number of amides is 2. The smallest absolute Gasteiger partial charge is 0.239 e. The summed E-state index contributed by atoms with van der Waals surface area (Å²) in [4.78, 5) is 38.7. The Bertz CT molecular complexity index is 485. The number of nitrogens with one attached hydrogen (secondary N) is 1. The van der Waals surface area contributed by atoms with Gasteiger partial charge in [0, 0.05) is 24.3 Å². The fraction of sp³-hybridized carbons (Fsp3) is 0.833. The summed E-state index contributed by atoms with van der Waals surface area (Å²) in [6.45, 7) is 0.162. The summed E-state index contributed by atoms with van der Waals surface area (Å²) >= 11 is 1.25. The molecule has 0 radical (unpaired) electrons. The number of rotatable bonds is 5. The van der Waals surface area contributed by atoms with Crippen molar-refractivity contribution in [2.75, 3.05) is 12.3 Å². The summed E-state index contributed by atoms with van der Waals surface area (Å²) in [5.41, 5.74) is 0. The lowest BCUT2D eigenvalue weighted by atomic mass is 9.95. The molecule has 1 heterocycles. The van der Waals surface area contributed by atoms with Crippen LogP contribution in [0.2, 0.25) is 0 Å². The minimum Gasteiger partial charge on any atom is -0.352 e. The number of carbonyl (C=O) groups is 3. The van der Waals surface area contributed by atoms with Crippen molar-refractivity contribution in [3.05, 3.63) is 0 Å². The molecule has 6 heteroatoms. The van der Waals surface area contributed by atoms with E-state index in [1.54, 1.807) is 4.90 Å². The fourth-order valence-electron chi connectivity index (χ4n) is 4.18. The van der Waals surface area contributed by atoms with Gasteiger partial charge in [-0.05, 0) is 25.7 Å². The fourth-order valence-corrected chi connectivity index (χ4v) is 5.15. The lowest BCUT2D eigenvalue weighted by Gasteiger charge is -2.31. The van der Waals surface area contributed by atoms with Gasteiger partial charge in [-0.2, -0.15) is 0 Å². The van der Waals surface area contributed by atoms with Gasteiger partial charge in [-0.3, -0.25) is 14.4 Å². The SMILES string of the molecule is O=C(CN(C(=O)C1CSC(=O)C1)C1CCCC1)NC1CCCCC1. The van der Waals surface area contributed by atoms with E-state index in [2.05, 4.69) is 5.32 Å². The molecule has 5 nitrogen and oxygen atoms in total. The van der Waals surface area contributed by atoms with E-state index in [0.29, 0.717) is 12.2 Å². The van der Waals surface area contributed by atoms with Crippen molar-refractivity contribution in [3.8, 4) is 0 Å². The number of thioether (sulfide) groups is 1. The van der Waals surface area contributed by atoms with Crippen LogP contribution in [0.5, 0.6) is 0 Å². The second-order valence-electron chi connectivity index (χ2n) is 7.39. The number of carbonyl (C=O) groups excluding carboxylic acids is 3. The highest BCUT2D eigenvalue weighted by Gasteiger charge is 2.36. The zero-order chi connectivity index (χ0) is 16.9. The lowest BCUT2D eigenvalue weighted by Crippen LogP contribution is -2.49. The summed E-state index contributed by atoms with van der Waals surface area (Å²) in [5, 5.41) is 3.23. The lowest BCUT2D eigenvalue weighted by molar-refractivity contribution is -0.142. The summed E-state index contributed by atoms with van der Waals surface area (Å²) in [6, 6.07) is 0.450. The van der Waals surface area contributed by atoms with Crippen LogP contribution in [0.15, 0.2) is 0 Å². The molecule has 0 spiro atoms. The van der Waals surface area contributed by atoms with Crippen LogP contribution in [0.1, 0.15) is 64.2 Å². The third-order valence-corrected chi connectivity index (χ3v) is 6.60. The molecular weight excluding hydrogens is 324 g/mol. The van der Waals surface area contributed by atoms with E-state index in [1.165, 1.54) is 31.0 Å². The van der Waals surface area contributed by atoms with Crippen molar-refractivity contribution in [3.63, 3.8) is 0 Å². The van der Waals surface area contributed by atoms with E-state index in [-0.39, 0.29) is 41.5 Å². The highest BCUT2D eigenvalue weighted by molar-refractivity contribution is 8.14. The molecule has 0 aromatic carbocycles. The maximum absolute atomic E-state index is 12.9. The molecule has 2 saturated carbocycles. The topological polar surface area (TPSA) is 66.5 Å². The van der Waals surface area contributed by atoms with E-state index in [4.69, 9.17) is 0 Å². The van der Waals surface area contributed by atoms with Crippen molar-refractivity contribution in [2.45, 2.75) is 76.3 Å². The molecule has 1 unspecified atom stereocenters. The van der Waals surface area contributed by atoms with Gasteiger partial charge in [0.25, 0.3) is 0 Å². The molecule has 1 atom stereocenters. The average molecular weight is 353 g/mol. The summed E-state index contributed by atoms with van der Waals surface area (Å²) < 4.78 is 0. The zero-order valence-corrected chi connectivity index (χ0v) is 15.1. The van der Waals surface area contributed by atoms with Crippen molar-refractivity contribution in [1.29, 1.82) is 0 Å². The van der Waals surface area contributed by atoms with Crippen LogP contribution in [0.4, 0.5) is 0 Å². The third kappa shape index (κ3) is 4.52. The highest BCUT2D eigenvalue weighted by atomic mass is 32.2. The molecule has 2 aliphatic carbocycles. The molecule has 24 heavy (non-hydrogen) atoms. The first-order valence-electron chi connectivity index (χ1n) is 9.39. The molecule has 3 rings (SSSR count). The van der Waals surface area contributed by atoms with Gasteiger partial charge < -0.3 is 10.2 Å². The summed E-state index contributed by atoms with van der Waals surface area (Å²) in [7, 11) is 0. The molecule has 0 aromatic heterocycles. The number of nitrogens with zero attached hydrogens (tertiary/aromatic N) is 1. The molecule has 3 aliphatic rings. The van der Waals surface area contributed by atoms with Gasteiger partial charge in [0.1, 0.15) is 0 Å². The Morgan fingerprint density at radius 1 is 1.04 bits per heavy atom. The Morgan fingerprint density at radius 2 is 1.71 bits per heavy atom. The monoisotopic (exact) mass is 352 g/mol. The van der Waals surface area contributed by atoms with Gasteiger partial charge in [-0.1, -0.05) is 43.9 Å². The molecule has 1 aliphatic heterocycles. The van der Waals surface area contributed by atoms with E-state index in [0.717, 1.165) is 38.5 Å². The van der Waals surface area contributed by atoms with Crippen molar-refractivity contribution >= 4 is 28.7 Å². The zero-order valence-electron chi connectivity index (χ0n) is 14.3. The minimum atomic E-state index is -0.231. The van der Waals surface area contributed by atoms with Gasteiger partial charge in [-0.25, -0.2) is 0 Å². The van der Waals surface area contributed by atoms with E-state index in [9.17, 15) is 14.4 Å². The Morgan fingerprint density at radius 3 is 2.33 bits per heavy atom. The molecule has 3 fully saturated rings. The maximum Gasteiger partial charge on any atom is 0.239 e. The average Bonchev–Trinajstić information content (AvgIpc) is 3.24. The predicted molar refractivity (Wildman–Crippen MR) is 94.6 cm³/mol. The van der Waals surface area contributed by atoms with Gasteiger partial charge in [0.15, 0.2) is 5.12 Å². The largest absolute Gasteiger partial charge is 0.352 e. The van der Waals surface area contributed by atoms with Gasteiger partial charge in [-0.15, -0.1) is 0 Å². The first-order chi connectivity index (χ1) is 11.6. The second kappa shape index (κ2) is 8.37. The van der Waals surface area contributed by atoms with Crippen molar-refractivity contribution in [1.82, 2.24) is 10.2 Å². The molecule has 0 aromatic rings. The van der Waals surface area contributed by atoms with Crippen LogP contribution in [0.25, 0.3) is 0 Å². The maximum atomic E-state index is 12.9. The van der Waals surface area contributed by atoms with E-state index in [1.807, 2.05) is 0 Å². The van der Waals surface area contributed by atoms with Crippen LogP contribution in [0.3, 0.4) is 0 Å². The molecule has 0 bridgehead atoms. The molecule has 1 saturated heterocycles. The first-order valence-corrected chi connectivity index (χ1v) is 10.4. The Kier molecular flexibility index (Phi) is 6.19. The van der Waals surface area contributed by atoms with Gasteiger partial charge in [0.05, 0.1) is 12.5 Å². The summed E-state index contributed by atoms with van der Waals surface area (Å²) in [5.74, 6) is 0.328. The Labute approximate surface area is 148 Å². The van der Waals surface area contributed by atoms with Crippen LogP contribution >= 0.6 is 11.8 Å². The van der Waals surface area contributed by atoms with Gasteiger partial charge in [0.2, 0.25) is 11.8 Å². The first kappa shape index (κ1) is 17.8. The highest BCUT2D eigenvalue weighted by Crippen LogP contribution is 2.30. The molecule has 134 valence electrons. The third-order valence-electron chi connectivity index (χ3n) is 5.54. The predicted octanol–water partition coefficient (Wildman–Crippen LogP) is 2.49.